The molecule has 196 valence electrons. The van der Waals surface area contributed by atoms with E-state index < -0.39 is 0 Å². The van der Waals surface area contributed by atoms with E-state index in [1.807, 2.05) is 52.0 Å². The molecule has 2 aromatic carbocycles. The molecule has 0 radical (unpaired) electrons. The van der Waals surface area contributed by atoms with E-state index in [1.165, 1.54) is 31.2 Å². The van der Waals surface area contributed by atoms with Gasteiger partial charge in [-0.2, -0.15) is 0 Å². The zero-order valence-corrected chi connectivity index (χ0v) is 23.3. The maximum absolute atomic E-state index is 13.2. The molecular weight excluding hydrogens is 456 g/mol. The van der Waals surface area contributed by atoms with Crippen LogP contribution in [-0.4, -0.2) is 10.9 Å². The molecule has 4 rings (SSSR count). The number of nitrogens with one attached hydrogen (secondary N) is 2. The van der Waals surface area contributed by atoms with Gasteiger partial charge in [0.05, 0.1) is 0 Å². The predicted octanol–water partition coefficient (Wildman–Crippen LogP) is 7.69. The Morgan fingerprint density at radius 2 is 1.68 bits per heavy atom. The average Bonchev–Trinajstić information content (AvgIpc) is 3.35. The van der Waals surface area contributed by atoms with Crippen LogP contribution < -0.4 is 10.9 Å². The standard InChI is InChI=1S/C27H30N2O2.C6H12/c1-6-8-23-18(4)14-22(21-11-9-20(7-2)10-12-21)15-24(23)26(30)28-16-25-17(3)13-19(5)29-27(25)31;1-6-4-2-3-5-6/h6,8-15H,7,16H2,1-5H3,(H,28,30)(H,29,31);6H,2-5H2,1H3/b8-6-;. The van der Waals surface area contributed by atoms with Crippen LogP contribution in [0.2, 0.25) is 0 Å². The van der Waals surface area contributed by atoms with Gasteiger partial charge >= 0.3 is 0 Å². The number of H-pyrrole nitrogens is 1. The summed E-state index contributed by atoms with van der Waals surface area (Å²) in [5.74, 6) is 0.854. The van der Waals surface area contributed by atoms with Gasteiger partial charge < -0.3 is 10.3 Å². The zero-order valence-electron chi connectivity index (χ0n) is 23.3. The van der Waals surface area contributed by atoms with Crippen LogP contribution in [-0.2, 0) is 13.0 Å². The van der Waals surface area contributed by atoms with E-state index >= 15 is 0 Å². The van der Waals surface area contributed by atoms with Crippen molar-refractivity contribution in [3.63, 3.8) is 0 Å². The number of aryl methyl sites for hydroxylation is 4. The summed E-state index contributed by atoms with van der Waals surface area (Å²) in [6.45, 7) is 12.4. The number of aromatic nitrogens is 1. The smallest absolute Gasteiger partial charge is 0.253 e. The van der Waals surface area contributed by atoms with Crippen molar-refractivity contribution in [2.24, 2.45) is 5.92 Å². The quantitative estimate of drug-likeness (QED) is 0.366. The van der Waals surface area contributed by atoms with E-state index in [9.17, 15) is 9.59 Å². The third kappa shape index (κ3) is 7.55. The fraction of sp³-hybridized carbons (Fsp3) is 0.394. The first-order chi connectivity index (χ1) is 17.7. The van der Waals surface area contributed by atoms with Gasteiger partial charge in [-0.3, -0.25) is 9.59 Å². The molecule has 0 saturated heterocycles. The Balaban J connectivity index is 0.000000555. The second-order valence-electron chi connectivity index (χ2n) is 10.3. The molecule has 3 aromatic rings. The maximum Gasteiger partial charge on any atom is 0.253 e. The summed E-state index contributed by atoms with van der Waals surface area (Å²) in [6, 6.07) is 14.4. The first kappa shape index (κ1) is 28.2. The van der Waals surface area contributed by atoms with Crippen LogP contribution in [0.1, 0.15) is 90.3 Å². The Bertz CT molecular complexity index is 1290. The summed E-state index contributed by atoms with van der Waals surface area (Å²) >= 11 is 0. The molecule has 1 heterocycles. The second-order valence-corrected chi connectivity index (χ2v) is 10.3. The predicted molar refractivity (Wildman–Crippen MR) is 156 cm³/mol. The number of hydrogen-bond acceptors (Lipinski definition) is 2. The van der Waals surface area contributed by atoms with Crippen LogP contribution in [0.4, 0.5) is 0 Å². The number of amides is 1. The Labute approximate surface area is 222 Å². The average molecular weight is 499 g/mol. The number of rotatable bonds is 6. The largest absolute Gasteiger partial charge is 0.348 e. The summed E-state index contributed by atoms with van der Waals surface area (Å²) in [5.41, 5.74) is 7.99. The van der Waals surface area contributed by atoms with Crippen molar-refractivity contribution in [1.82, 2.24) is 10.3 Å². The van der Waals surface area contributed by atoms with Gasteiger partial charge in [-0.15, -0.1) is 0 Å². The molecule has 0 aliphatic heterocycles. The van der Waals surface area contributed by atoms with Crippen molar-refractivity contribution >= 4 is 12.0 Å². The highest BCUT2D eigenvalue weighted by Gasteiger charge is 2.16. The van der Waals surface area contributed by atoms with Crippen molar-refractivity contribution in [3.8, 4) is 11.1 Å². The van der Waals surface area contributed by atoms with Crippen molar-refractivity contribution in [2.75, 3.05) is 0 Å². The molecule has 0 atom stereocenters. The fourth-order valence-corrected chi connectivity index (χ4v) is 4.97. The molecule has 1 aliphatic rings. The molecule has 1 aromatic heterocycles. The lowest BCUT2D eigenvalue weighted by Crippen LogP contribution is -2.28. The van der Waals surface area contributed by atoms with Gasteiger partial charge in [0.25, 0.3) is 11.5 Å². The molecule has 0 spiro atoms. The van der Waals surface area contributed by atoms with E-state index in [0.717, 1.165) is 45.8 Å². The summed E-state index contributed by atoms with van der Waals surface area (Å²) in [4.78, 5) is 28.3. The highest BCUT2D eigenvalue weighted by atomic mass is 16.1. The summed E-state index contributed by atoms with van der Waals surface area (Å²) in [5, 5.41) is 2.95. The molecule has 2 N–H and O–H groups in total. The Morgan fingerprint density at radius 1 is 1.00 bits per heavy atom. The molecule has 0 unspecified atom stereocenters. The van der Waals surface area contributed by atoms with Crippen molar-refractivity contribution in [1.29, 1.82) is 0 Å². The second kappa shape index (κ2) is 13.2. The van der Waals surface area contributed by atoms with Crippen LogP contribution in [0.15, 0.2) is 53.3 Å². The van der Waals surface area contributed by atoms with E-state index in [2.05, 4.69) is 54.5 Å². The lowest BCUT2D eigenvalue weighted by Gasteiger charge is -2.14. The Hall–Kier alpha value is -3.40. The molecule has 37 heavy (non-hydrogen) atoms. The van der Waals surface area contributed by atoms with Crippen molar-refractivity contribution < 1.29 is 4.79 Å². The SMILES string of the molecule is C/C=C\c1c(C)cc(-c2ccc(CC)cc2)cc1C(=O)NCc1c(C)cc(C)[nH]c1=O.CC1CCCC1. The van der Waals surface area contributed by atoms with Crippen LogP contribution >= 0.6 is 0 Å². The molecule has 1 aliphatic carbocycles. The van der Waals surface area contributed by atoms with Crippen LogP contribution in [0.25, 0.3) is 17.2 Å². The molecule has 1 fully saturated rings. The number of pyridine rings is 1. The summed E-state index contributed by atoms with van der Waals surface area (Å²) < 4.78 is 0. The first-order valence-corrected chi connectivity index (χ1v) is 13.6. The number of aromatic amines is 1. The minimum atomic E-state index is -0.192. The number of hydrogen-bond donors (Lipinski definition) is 2. The third-order valence-electron chi connectivity index (χ3n) is 7.22. The zero-order chi connectivity index (χ0) is 26.9. The number of benzene rings is 2. The molecule has 4 heteroatoms. The van der Waals surface area contributed by atoms with E-state index in [-0.39, 0.29) is 18.0 Å². The molecule has 0 bridgehead atoms. The lowest BCUT2D eigenvalue weighted by atomic mass is 9.93. The third-order valence-corrected chi connectivity index (χ3v) is 7.22. The van der Waals surface area contributed by atoms with E-state index in [0.29, 0.717) is 11.1 Å². The highest BCUT2D eigenvalue weighted by Crippen LogP contribution is 2.27. The van der Waals surface area contributed by atoms with Gasteiger partial charge in [0.1, 0.15) is 0 Å². The highest BCUT2D eigenvalue weighted by molar-refractivity contribution is 5.99. The van der Waals surface area contributed by atoms with Crippen molar-refractivity contribution in [2.45, 2.75) is 80.2 Å². The number of carbonyl (C=O) groups is 1. The topological polar surface area (TPSA) is 62.0 Å². The number of carbonyl (C=O) groups excluding carboxylic acids is 1. The molecule has 1 amide bonds. The summed E-state index contributed by atoms with van der Waals surface area (Å²) in [7, 11) is 0. The van der Waals surface area contributed by atoms with E-state index in [1.54, 1.807) is 0 Å². The van der Waals surface area contributed by atoms with Crippen molar-refractivity contribution in [3.05, 3.63) is 98.0 Å². The minimum Gasteiger partial charge on any atom is -0.348 e. The first-order valence-electron chi connectivity index (χ1n) is 13.6. The Kier molecular flexibility index (Phi) is 10.1. The Morgan fingerprint density at radius 3 is 2.22 bits per heavy atom. The van der Waals surface area contributed by atoms with Crippen LogP contribution in [0.5, 0.6) is 0 Å². The molecule has 1 saturated carbocycles. The van der Waals surface area contributed by atoms with E-state index in [4.69, 9.17) is 0 Å². The maximum atomic E-state index is 13.2. The van der Waals surface area contributed by atoms with Gasteiger partial charge in [0.2, 0.25) is 0 Å². The summed E-state index contributed by atoms with van der Waals surface area (Å²) in [6.07, 6.45) is 10.8. The van der Waals surface area contributed by atoms with Gasteiger partial charge in [0.15, 0.2) is 0 Å². The normalized spacial score (nSPS) is 13.5. The fourth-order valence-electron chi connectivity index (χ4n) is 4.97. The van der Waals surface area contributed by atoms with Crippen LogP contribution in [0.3, 0.4) is 0 Å². The number of allylic oxidation sites excluding steroid dienone is 1. The van der Waals surface area contributed by atoms with Gasteiger partial charge in [-0.1, -0.05) is 82.0 Å². The molecule has 4 nitrogen and oxygen atoms in total. The van der Waals surface area contributed by atoms with Crippen LogP contribution in [0, 0.1) is 26.7 Å². The van der Waals surface area contributed by atoms with Gasteiger partial charge in [-0.25, -0.2) is 0 Å². The van der Waals surface area contributed by atoms with Gasteiger partial charge in [-0.05, 0) is 85.5 Å². The molecular formula is C33H42N2O2. The lowest BCUT2D eigenvalue weighted by molar-refractivity contribution is 0.0950. The minimum absolute atomic E-state index is 0.160. The monoisotopic (exact) mass is 498 g/mol. The van der Waals surface area contributed by atoms with Gasteiger partial charge in [0, 0.05) is 23.4 Å².